The Morgan fingerprint density at radius 1 is 0.186 bits per heavy atom. The van der Waals surface area contributed by atoms with Gasteiger partial charge in [0, 0.05) is 60.2 Å². The largest absolute Gasteiger partial charge is 0.309 e. The van der Waals surface area contributed by atoms with Crippen LogP contribution in [0.4, 0.5) is 0 Å². The summed E-state index contributed by atoms with van der Waals surface area (Å²) in [6, 6.07) is 93.8. The molecule has 0 bridgehead atoms. The first-order chi connectivity index (χ1) is 34.7. The van der Waals surface area contributed by atoms with Crippen molar-refractivity contribution >= 4 is 87.2 Å². The first-order valence-electron chi connectivity index (χ1n) is 24.1. The van der Waals surface area contributed by atoms with Crippen LogP contribution >= 0.6 is 0 Å². The molecule has 0 saturated carbocycles. The maximum Gasteiger partial charge on any atom is 0.0784 e. The van der Waals surface area contributed by atoms with E-state index in [1.54, 1.807) is 0 Å². The highest BCUT2D eigenvalue weighted by molar-refractivity contribution is 6.18. The van der Waals surface area contributed by atoms with Gasteiger partial charge in [0.15, 0.2) is 0 Å². The van der Waals surface area contributed by atoms with Gasteiger partial charge in [-0.05, 0) is 113 Å². The zero-order chi connectivity index (χ0) is 45.9. The van der Waals surface area contributed by atoms with E-state index in [0.717, 1.165) is 33.8 Å². The molecule has 15 aromatic rings. The van der Waals surface area contributed by atoms with Crippen molar-refractivity contribution in [1.82, 2.24) is 18.3 Å². The number of hydrogen-bond donors (Lipinski definition) is 0. The third kappa shape index (κ3) is 5.65. The van der Waals surface area contributed by atoms with Crippen LogP contribution < -0.4 is 0 Å². The third-order valence-corrected chi connectivity index (χ3v) is 14.7. The quantitative estimate of drug-likeness (QED) is 0.158. The predicted octanol–water partition coefficient (Wildman–Crippen LogP) is 17.4. The van der Waals surface area contributed by atoms with E-state index >= 15 is 0 Å². The lowest BCUT2D eigenvalue weighted by molar-refractivity contribution is 1.11. The maximum absolute atomic E-state index is 2.54. The van der Waals surface area contributed by atoms with E-state index in [2.05, 4.69) is 273 Å². The van der Waals surface area contributed by atoms with Gasteiger partial charge in [-0.2, -0.15) is 0 Å². The lowest BCUT2D eigenvalue weighted by atomic mass is 10.0. The summed E-state index contributed by atoms with van der Waals surface area (Å²) in [6.45, 7) is 0. The van der Waals surface area contributed by atoms with Crippen LogP contribution in [-0.4, -0.2) is 18.3 Å². The molecule has 0 aliphatic carbocycles. The summed E-state index contributed by atoms with van der Waals surface area (Å²) < 4.78 is 9.95. The van der Waals surface area contributed by atoms with Crippen LogP contribution in [0.3, 0.4) is 0 Å². The van der Waals surface area contributed by atoms with Crippen molar-refractivity contribution in [3.63, 3.8) is 0 Å². The summed E-state index contributed by atoms with van der Waals surface area (Å²) in [5, 5.41) is 9.73. The molecular formula is C66H42N4. The lowest BCUT2D eigenvalue weighted by Crippen LogP contribution is -2.03. The number of para-hydroxylation sites is 5. The van der Waals surface area contributed by atoms with E-state index in [1.807, 2.05) is 0 Å². The molecule has 0 aliphatic heterocycles. The first-order valence-corrected chi connectivity index (χ1v) is 24.1. The van der Waals surface area contributed by atoms with E-state index in [-0.39, 0.29) is 0 Å². The van der Waals surface area contributed by atoms with Crippen LogP contribution in [0.2, 0.25) is 0 Å². The Labute approximate surface area is 403 Å². The van der Waals surface area contributed by atoms with Crippen molar-refractivity contribution in [1.29, 1.82) is 0 Å². The van der Waals surface area contributed by atoms with E-state index in [0.29, 0.717) is 0 Å². The van der Waals surface area contributed by atoms with Gasteiger partial charge in [-0.25, -0.2) is 0 Å². The topological polar surface area (TPSA) is 19.7 Å². The highest BCUT2D eigenvalue weighted by Crippen LogP contribution is 2.45. The second-order valence-corrected chi connectivity index (χ2v) is 18.5. The molecule has 326 valence electrons. The highest BCUT2D eigenvalue weighted by atomic mass is 15.1. The molecule has 70 heavy (non-hydrogen) atoms. The number of rotatable bonds is 6. The van der Waals surface area contributed by atoms with Crippen molar-refractivity contribution in [3.05, 3.63) is 255 Å². The Morgan fingerprint density at radius 2 is 0.557 bits per heavy atom. The van der Waals surface area contributed by atoms with Gasteiger partial charge >= 0.3 is 0 Å². The summed E-state index contributed by atoms with van der Waals surface area (Å²) in [6.07, 6.45) is 0. The molecule has 0 amide bonds. The van der Waals surface area contributed by atoms with Gasteiger partial charge in [0.25, 0.3) is 0 Å². The van der Waals surface area contributed by atoms with Gasteiger partial charge in [0.2, 0.25) is 0 Å². The van der Waals surface area contributed by atoms with Gasteiger partial charge in [0.05, 0.1) is 49.8 Å². The minimum absolute atomic E-state index is 1.10. The SMILES string of the molecule is c1ccc(-c2ccc3c(c2)c2cc(-n4c5ccc(-c6ccccc6)cc5c5cc(-n6c7ccccc7c7ccccc76)cc(-n6c7ccccc7c7ccccc76)c54)ccc2n3-c2ccccc2)cc1. The summed E-state index contributed by atoms with van der Waals surface area (Å²) in [7, 11) is 0. The molecule has 0 unspecified atom stereocenters. The molecule has 0 radical (unpaired) electrons. The standard InChI is InChI=1S/C66H42N4/c1-4-18-43(19-5-1)45-32-35-62-54(38-45)56-40-48(34-37-63(56)67(62)47-22-8-3-9-23-47)69-64-36-33-46(44-20-6-2-7-21-44)39-55(64)57-41-49(68-58-28-14-10-24-50(58)51-25-11-15-29-59(51)68)42-65(66(57)69)70-60-30-16-12-26-52(60)53-27-13-17-31-61(53)70/h1-42H. The van der Waals surface area contributed by atoms with Crippen molar-refractivity contribution in [2.45, 2.75) is 0 Å². The summed E-state index contributed by atoms with van der Waals surface area (Å²) >= 11 is 0. The zero-order valence-corrected chi connectivity index (χ0v) is 38.0. The van der Waals surface area contributed by atoms with Crippen molar-refractivity contribution in [2.75, 3.05) is 0 Å². The van der Waals surface area contributed by atoms with Crippen LogP contribution in [0.1, 0.15) is 0 Å². The average molecular weight is 891 g/mol. The Bertz CT molecular complexity index is 4460. The van der Waals surface area contributed by atoms with Gasteiger partial charge in [-0.3, -0.25) is 0 Å². The number of benzene rings is 11. The second-order valence-electron chi connectivity index (χ2n) is 18.5. The second kappa shape index (κ2) is 15.1. The van der Waals surface area contributed by atoms with Crippen LogP contribution in [-0.2, 0) is 0 Å². The van der Waals surface area contributed by atoms with E-state index in [1.165, 1.54) is 98.4 Å². The Morgan fingerprint density at radius 3 is 1.09 bits per heavy atom. The molecule has 15 rings (SSSR count). The summed E-state index contributed by atoms with van der Waals surface area (Å²) in [5.74, 6) is 0. The average Bonchev–Trinajstić information content (AvgIpc) is 4.16. The molecule has 4 heteroatoms. The van der Waals surface area contributed by atoms with E-state index < -0.39 is 0 Å². The molecule has 4 aromatic heterocycles. The van der Waals surface area contributed by atoms with Gasteiger partial charge in [-0.1, -0.05) is 164 Å². The fourth-order valence-corrected chi connectivity index (χ4v) is 11.7. The highest BCUT2D eigenvalue weighted by Gasteiger charge is 2.25. The summed E-state index contributed by atoms with van der Waals surface area (Å²) in [5.41, 5.74) is 18.6. The van der Waals surface area contributed by atoms with Crippen molar-refractivity contribution in [2.24, 2.45) is 0 Å². The molecule has 0 aliphatic rings. The number of fused-ring (bicyclic) bond motifs is 12. The third-order valence-electron chi connectivity index (χ3n) is 14.7. The van der Waals surface area contributed by atoms with Crippen LogP contribution in [0.15, 0.2) is 255 Å². The Kier molecular flexibility index (Phi) is 8.33. The van der Waals surface area contributed by atoms with E-state index in [4.69, 9.17) is 0 Å². The Balaban J connectivity index is 1.11. The molecule has 0 spiro atoms. The molecular weight excluding hydrogens is 849 g/mol. The molecule has 0 fully saturated rings. The fraction of sp³-hybridized carbons (Fsp3) is 0. The molecule has 0 saturated heterocycles. The number of hydrogen-bond acceptors (Lipinski definition) is 0. The van der Waals surface area contributed by atoms with Gasteiger partial charge in [-0.15, -0.1) is 0 Å². The minimum atomic E-state index is 1.10. The molecule has 0 atom stereocenters. The van der Waals surface area contributed by atoms with Crippen LogP contribution in [0, 0.1) is 0 Å². The smallest absolute Gasteiger partial charge is 0.0784 e. The van der Waals surface area contributed by atoms with Crippen molar-refractivity contribution < 1.29 is 0 Å². The number of aromatic nitrogens is 4. The molecule has 0 N–H and O–H groups in total. The number of nitrogens with zero attached hydrogens (tertiary/aromatic N) is 4. The lowest BCUT2D eigenvalue weighted by Gasteiger charge is -2.17. The van der Waals surface area contributed by atoms with E-state index in [9.17, 15) is 0 Å². The Hall–Kier alpha value is -9.38. The molecule has 11 aromatic carbocycles. The normalized spacial score (nSPS) is 12.0. The molecule has 4 heterocycles. The summed E-state index contributed by atoms with van der Waals surface area (Å²) in [4.78, 5) is 0. The van der Waals surface area contributed by atoms with Crippen molar-refractivity contribution in [3.8, 4) is 45.0 Å². The maximum atomic E-state index is 2.54. The van der Waals surface area contributed by atoms with Crippen LogP contribution in [0.25, 0.3) is 132 Å². The minimum Gasteiger partial charge on any atom is -0.309 e. The zero-order valence-electron chi connectivity index (χ0n) is 38.0. The molecule has 4 nitrogen and oxygen atoms in total. The fourth-order valence-electron chi connectivity index (χ4n) is 11.7. The monoisotopic (exact) mass is 890 g/mol. The first kappa shape index (κ1) is 38.7. The van der Waals surface area contributed by atoms with Crippen LogP contribution in [0.5, 0.6) is 0 Å². The predicted molar refractivity (Wildman–Crippen MR) is 295 cm³/mol. The van der Waals surface area contributed by atoms with Gasteiger partial charge in [0.1, 0.15) is 0 Å². The van der Waals surface area contributed by atoms with Gasteiger partial charge < -0.3 is 18.3 Å².